The molecule has 2 aromatic carbocycles. The summed E-state index contributed by atoms with van der Waals surface area (Å²) in [6.07, 6.45) is 0. The van der Waals surface area contributed by atoms with Gasteiger partial charge in [-0.25, -0.2) is 17.9 Å². The van der Waals surface area contributed by atoms with Crippen molar-refractivity contribution in [2.45, 2.75) is 18.4 Å². The van der Waals surface area contributed by atoms with E-state index >= 15 is 0 Å². The first-order valence-electron chi connectivity index (χ1n) is 7.69. The molecule has 0 heterocycles. The molecule has 0 radical (unpaired) electrons. The number of aryl methyl sites for hydroxylation is 1. The second-order valence-corrected chi connectivity index (χ2v) is 7.65. The van der Waals surface area contributed by atoms with E-state index in [2.05, 4.69) is 15.4 Å². The third-order valence-electron chi connectivity index (χ3n) is 3.38. The standard InChI is InChI=1S/C17H20ClN3O3S/c1-13-5-7-14(8-6-13)12-20-17(22)19-9-10-21-25(23,24)16-4-2-3-15(18)11-16/h2-8,11,21H,9-10,12H2,1H3,(H2,19,20,22). The third-order valence-corrected chi connectivity index (χ3v) is 5.08. The number of carbonyl (C=O) groups is 1. The summed E-state index contributed by atoms with van der Waals surface area (Å²) in [5.74, 6) is 0. The molecule has 2 aromatic rings. The minimum Gasteiger partial charge on any atom is -0.337 e. The van der Waals surface area contributed by atoms with Crippen molar-refractivity contribution < 1.29 is 13.2 Å². The van der Waals surface area contributed by atoms with Crippen LogP contribution in [0.5, 0.6) is 0 Å². The van der Waals surface area contributed by atoms with Gasteiger partial charge in [-0.2, -0.15) is 0 Å². The Morgan fingerprint density at radius 2 is 1.76 bits per heavy atom. The molecule has 0 unspecified atom stereocenters. The number of hydrogen-bond acceptors (Lipinski definition) is 3. The van der Waals surface area contributed by atoms with Crippen molar-refractivity contribution in [2.24, 2.45) is 0 Å². The Balaban J connectivity index is 1.71. The zero-order chi connectivity index (χ0) is 18.3. The van der Waals surface area contributed by atoms with Crippen molar-refractivity contribution in [3.05, 3.63) is 64.7 Å². The molecule has 8 heteroatoms. The van der Waals surface area contributed by atoms with Crippen LogP contribution in [0.3, 0.4) is 0 Å². The topological polar surface area (TPSA) is 87.3 Å². The molecule has 0 aliphatic carbocycles. The zero-order valence-electron chi connectivity index (χ0n) is 13.8. The van der Waals surface area contributed by atoms with Crippen molar-refractivity contribution in [2.75, 3.05) is 13.1 Å². The fraction of sp³-hybridized carbons (Fsp3) is 0.235. The average molecular weight is 382 g/mol. The number of rotatable bonds is 7. The minimum atomic E-state index is -3.65. The van der Waals surface area contributed by atoms with Gasteiger partial charge in [0.25, 0.3) is 0 Å². The predicted octanol–water partition coefficient (Wildman–Crippen LogP) is 2.43. The number of urea groups is 1. The minimum absolute atomic E-state index is 0.0762. The molecule has 0 fully saturated rings. The summed E-state index contributed by atoms with van der Waals surface area (Å²) in [6.45, 7) is 2.64. The van der Waals surface area contributed by atoms with E-state index in [1.807, 2.05) is 31.2 Å². The molecule has 25 heavy (non-hydrogen) atoms. The van der Waals surface area contributed by atoms with Crippen molar-refractivity contribution in [1.29, 1.82) is 0 Å². The van der Waals surface area contributed by atoms with E-state index in [-0.39, 0.29) is 24.0 Å². The van der Waals surface area contributed by atoms with Crippen LogP contribution in [0.15, 0.2) is 53.4 Å². The molecule has 0 aromatic heterocycles. The highest BCUT2D eigenvalue weighted by Crippen LogP contribution is 2.14. The van der Waals surface area contributed by atoms with Gasteiger partial charge >= 0.3 is 6.03 Å². The maximum atomic E-state index is 12.1. The lowest BCUT2D eigenvalue weighted by Crippen LogP contribution is -2.40. The predicted molar refractivity (Wildman–Crippen MR) is 98.1 cm³/mol. The van der Waals surface area contributed by atoms with E-state index in [0.717, 1.165) is 11.1 Å². The molecule has 0 spiro atoms. The Morgan fingerprint density at radius 3 is 2.44 bits per heavy atom. The van der Waals surface area contributed by atoms with Gasteiger partial charge in [0.05, 0.1) is 4.90 Å². The SMILES string of the molecule is Cc1ccc(CNC(=O)NCCNS(=O)(=O)c2cccc(Cl)c2)cc1. The quantitative estimate of drug-likeness (QED) is 0.644. The van der Waals surface area contributed by atoms with Crippen LogP contribution in [0.1, 0.15) is 11.1 Å². The van der Waals surface area contributed by atoms with Crippen molar-refractivity contribution in [3.8, 4) is 0 Å². The molecule has 0 aliphatic rings. The average Bonchev–Trinajstić information content (AvgIpc) is 2.58. The largest absolute Gasteiger partial charge is 0.337 e. The molecule has 6 nitrogen and oxygen atoms in total. The lowest BCUT2D eigenvalue weighted by molar-refractivity contribution is 0.240. The number of nitrogens with one attached hydrogen (secondary N) is 3. The maximum absolute atomic E-state index is 12.1. The van der Waals surface area contributed by atoms with E-state index in [4.69, 9.17) is 11.6 Å². The van der Waals surface area contributed by atoms with Gasteiger partial charge in [-0.05, 0) is 30.7 Å². The van der Waals surface area contributed by atoms with Crippen LogP contribution in [0, 0.1) is 6.92 Å². The second kappa shape index (κ2) is 8.84. The fourth-order valence-corrected chi connectivity index (χ4v) is 3.36. The number of carbonyl (C=O) groups excluding carboxylic acids is 1. The zero-order valence-corrected chi connectivity index (χ0v) is 15.3. The Morgan fingerprint density at radius 1 is 1.04 bits per heavy atom. The molecule has 2 rings (SSSR count). The molecule has 3 N–H and O–H groups in total. The van der Waals surface area contributed by atoms with E-state index in [9.17, 15) is 13.2 Å². The Bertz CT molecular complexity index is 823. The first kappa shape index (κ1) is 19.2. The summed E-state index contributed by atoms with van der Waals surface area (Å²) in [5, 5.41) is 5.65. The van der Waals surface area contributed by atoms with Crippen LogP contribution in [0.4, 0.5) is 4.79 Å². The number of sulfonamides is 1. The molecular weight excluding hydrogens is 362 g/mol. The summed E-state index contributed by atoms with van der Waals surface area (Å²) in [7, 11) is -3.65. The molecule has 0 atom stereocenters. The Labute approximate surface area is 152 Å². The lowest BCUT2D eigenvalue weighted by atomic mass is 10.1. The van der Waals surface area contributed by atoms with Crippen LogP contribution in [-0.2, 0) is 16.6 Å². The van der Waals surface area contributed by atoms with Crippen molar-refractivity contribution in [3.63, 3.8) is 0 Å². The smallest absolute Gasteiger partial charge is 0.315 e. The van der Waals surface area contributed by atoms with Crippen LogP contribution < -0.4 is 15.4 Å². The van der Waals surface area contributed by atoms with Crippen LogP contribution in [0.2, 0.25) is 5.02 Å². The number of benzene rings is 2. The van der Waals surface area contributed by atoms with Gasteiger partial charge in [0.2, 0.25) is 10.0 Å². The molecule has 0 aliphatic heterocycles. The van der Waals surface area contributed by atoms with E-state index in [0.29, 0.717) is 11.6 Å². The third kappa shape index (κ3) is 6.38. The van der Waals surface area contributed by atoms with E-state index in [1.165, 1.54) is 12.1 Å². The molecule has 0 saturated carbocycles. The van der Waals surface area contributed by atoms with Gasteiger partial charge in [-0.1, -0.05) is 47.5 Å². The highest BCUT2D eigenvalue weighted by atomic mass is 35.5. The first-order valence-corrected chi connectivity index (χ1v) is 9.55. The van der Waals surface area contributed by atoms with Gasteiger partial charge < -0.3 is 10.6 Å². The summed E-state index contributed by atoms with van der Waals surface area (Å²) in [4.78, 5) is 11.8. The highest BCUT2D eigenvalue weighted by Gasteiger charge is 2.13. The van der Waals surface area contributed by atoms with E-state index < -0.39 is 10.0 Å². The Kier molecular flexibility index (Phi) is 6.81. The van der Waals surface area contributed by atoms with Gasteiger partial charge in [0, 0.05) is 24.7 Å². The molecule has 134 valence electrons. The van der Waals surface area contributed by atoms with E-state index in [1.54, 1.807) is 12.1 Å². The number of hydrogen-bond donors (Lipinski definition) is 3. The molecule has 2 amide bonds. The number of halogens is 1. The van der Waals surface area contributed by atoms with Crippen molar-refractivity contribution >= 4 is 27.7 Å². The molecule has 0 saturated heterocycles. The summed E-state index contributed by atoms with van der Waals surface area (Å²) < 4.78 is 26.5. The van der Waals surface area contributed by atoms with Crippen LogP contribution >= 0.6 is 11.6 Å². The maximum Gasteiger partial charge on any atom is 0.315 e. The first-order chi connectivity index (χ1) is 11.9. The van der Waals surface area contributed by atoms with Gasteiger partial charge in [-0.3, -0.25) is 0 Å². The normalized spacial score (nSPS) is 11.1. The van der Waals surface area contributed by atoms with Gasteiger partial charge in [-0.15, -0.1) is 0 Å². The highest BCUT2D eigenvalue weighted by molar-refractivity contribution is 7.89. The van der Waals surface area contributed by atoms with Crippen molar-refractivity contribution in [1.82, 2.24) is 15.4 Å². The monoisotopic (exact) mass is 381 g/mol. The molecule has 0 bridgehead atoms. The fourth-order valence-electron chi connectivity index (χ4n) is 2.03. The van der Waals surface area contributed by atoms with Crippen LogP contribution in [-0.4, -0.2) is 27.5 Å². The van der Waals surface area contributed by atoms with Gasteiger partial charge in [0.15, 0.2) is 0 Å². The summed E-state index contributed by atoms with van der Waals surface area (Å²) in [6, 6.07) is 13.4. The second-order valence-electron chi connectivity index (χ2n) is 5.45. The van der Waals surface area contributed by atoms with Crippen LogP contribution in [0.25, 0.3) is 0 Å². The number of amides is 2. The summed E-state index contributed by atoms with van der Waals surface area (Å²) in [5.41, 5.74) is 2.14. The summed E-state index contributed by atoms with van der Waals surface area (Å²) >= 11 is 5.79. The lowest BCUT2D eigenvalue weighted by Gasteiger charge is -2.09. The Hall–Kier alpha value is -2.09. The van der Waals surface area contributed by atoms with Gasteiger partial charge in [0.1, 0.15) is 0 Å². The molecular formula is C17H20ClN3O3S.